The van der Waals surface area contributed by atoms with Crippen LogP contribution in [0.4, 0.5) is 22.7 Å². The van der Waals surface area contributed by atoms with Crippen LogP contribution in [0.15, 0.2) is 170 Å². The van der Waals surface area contributed by atoms with Gasteiger partial charge in [0, 0.05) is 22.5 Å². The summed E-state index contributed by atoms with van der Waals surface area (Å²) in [5.41, 5.74) is 14.3. The van der Waals surface area contributed by atoms with Crippen molar-refractivity contribution >= 4 is 22.7 Å². The van der Waals surface area contributed by atoms with E-state index in [1.807, 2.05) is 48.5 Å². The first-order chi connectivity index (χ1) is 27.6. The highest BCUT2D eigenvalue weighted by atomic mass is 15.1. The van der Waals surface area contributed by atoms with Crippen LogP contribution in [0.3, 0.4) is 0 Å². The molecule has 3 heterocycles. The molecule has 0 atom stereocenters. The monoisotopic (exact) mass is 714 g/mol. The first kappa shape index (κ1) is 31.7. The Kier molecular flexibility index (Phi) is 6.71. The summed E-state index contributed by atoms with van der Waals surface area (Å²) in [6, 6.07) is 58.0. The maximum absolute atomic E-state index is 8.04. The lowest BCUT2D eigenvalue weighted by molar-refractivity contribution is 0.699. The van der Waals surface area contributed by atoms with Gasteiger partial charge in [0.2, 0.25) is 0 Å². The Balaban J connectivity index is 1.29. The molecule has 56 heavy (non-hydrogen) atoms. The topological polar surface area (TPSA) is 58.6 Å². The van der Waals surface area contributed by atoms with Crippen molar-refractivity contribution < 1.29 is 0 Å². The van der Waals surface area contributed by atoms with E-state index in [0.29, 0.717) is 11.4 Å². The molecule has 0 unspecified atom stereocenters. The number of nitrogens with one attached hydrogen (secondary N) is 2. The van der Waals surface area contributed by atoms with E-state index in [0.717, 1.165) is 89.8 Å². The fourth-order valence-corrected chi connectivity index (χ4v) is 9.26. The number of anilines is 2. The minimum atomic E-state index is -0.922. The Morgan fingerprint density at radius 1 is 0.375 bits per heavy atom. The molecule has 1 aliphatic heterocycles. The summed E-state index contributed by atoms with van der Waals surface area (Å²) in [6.07, 6.45) is 0. The van der Waals surface area contributed by atoms with Crippen molar-refractivity contribution in [2.75, 3.05) is 10.6 Å². The van der Waals surface area contributed by atoms with Crippen molar-refractivity contribution in [1.82, 2.24) is 9.97 Å². The fourth-order valence-electron chi connectivity index (χ4n) is 9.26. The highest BCUT2D eigenvalue weighted by molar-refractivity contribution is 5.91. The van der Waals surface area contributed by atoms with Crippen molar-refractivity contribution in [3.63, 3.8) is 0 Å². The van der Waals surface area contributed by atoms with E-state index in [-0.39, 0.29) is 0 Å². The largest absolute Gasteiger partial charge is 0.366 e. The minimum absolute atomic E-state index is 0.522. The Hall–Kier alpha value is -7.80. The van der Waals surface area contributed by atoms with Gasteiger partial charge in [-0.25, -0.2) is 19.7 Å². The van der Waals surface area contributed by atoms with E-state index in [1.54, 1.807) is 0 Å². The number of nitrogens with zero attached hydrogens (tertiary/aromatic N) is 4. The third-order valence-corrected chi connectivity index (χ3v) is 11.6. The molecule has 0 amide bonds. The fraction of sp³-hybridized carbons (Fsp3) is 0.0400. The van der Waals surface area contributed by atoms with Gasteiger partial charge in [-0.15, -0.1) is 0 Å². The molecule has 6 nitrogen and oxygen atoms in total. The van der Waals surface area contributed by atoms with E-state index in [1.165, 1.54) is 0 Å². The molecule has 2 aromatic heterocycles. The number of hydrogen-bond acceptors (Lipinski definition) is 4. The Bertz CT molecular complexity index is 2740. The number of benzene rings is 6. The van der Waals surface area contributed by atoms with Gasteiger partial charge in [0.15, 0.2) is 11.4 Å². The standard InChI is InChI=1S/C50H30N6/c1-51-31-25-27-45-37(29-31)43-21-11-23-47(53-43)50(41-19-9-5-15-35(41)36-16-6-10-20-42(36)50)56-46-28-26-32(52-2)30-38(46)44-22-12-24-48(54-44)49(55-45)39-17-7-3-13-33(39)34-14-4-8-18-40(34)49/h3-30,55-56H. The third kappa shape index (κ3) is 4.30. The molecule has 0 radical (unpaired) electrons. The van der Waals surface area contributed by atoms with Gasteiger partial charge in [-0.05, 0) is 93.0 Å². The number of hydrogen-bond donors (Lipinski definition) is 2. The third-order valence-electron chi connectivity index (χ3n) is 11.6. The van der Waals surface area contributed by atoms with Gasteiger partial charge < -0.3 is 10.6 Å². The van der Waals surface area contributed by atoms with Gasteiger partial charge in [0.05, 0.1) is 35.9 Å². The zero-order valence-corrected chi connectivity index (χ0v) is 30.0. The first-order valence-corrected chi connectivity index (χ1v) is 18.6. The molecule has 260 valence electrons. The van der Waals surface area contributed by atoms with Crippen molar-refractivity contribution in [2.45, 2.75) is 11.1 Å². The van der Waals surface area contributed by atoms with Crippen LogP contribution >= 0.6 is 0 Å². The quantitative estimate of drug-likeness (QED) is 0.154. The summed E-state index contributed by atoms with van der Waals surface area (Å²) in [5.74, 6) is 0. The minimum Gasteiger partial charge on any atom is -0.366 e. The SMILES string of the molecule is [C-]#[N+]c1ccc2c(c1)-c1cccc(n1)C1(Nc3ccc([N+]#[C-])cc3-c3cccc(n3)C3(N2)c2ccccc2-c2ccccc23)c2ccccc2-c2ccccc21. The van der Waals surface area contributed by atoms with Gasteiger partial charge >= 0.3 is 0 Å². The maximum atomic E-state index is 8.04. The van der Waals surface area contributed by atoms with E-state index in [9.17, 15) is 0 Å². The van der Waals surface area contributed by atoms with Gasteiger partial charge in [0.1, 0.15) is 11.1 Å². The zero-order chi connectivity index (χ0) is 37.4. The van der Waals surface area contributed by atoms with Crippen LogP contribution in [0, 0.1) is 13.1 Å². The summed E-state index contributed by atoms with van der Waals surface area (Å²) >= 11 is 0. The van der Waals surface area contributed by atoms with Crippen LogP contribution in [0.25, 0.3) is 54.5 Å². The summed E-state index contributed by atoms with van der Waals surface area (Å²) in [6.45, 7) is 16.1. The van der Waals surface area contributed by atoms with Gasteiger partial charge in [0.25, 0.3) is 0 Å². The van der Waals surface area contributed by atoms with Crippen LogP contribution in [0.5, 0.6) is 0 Å². The predicted molar refractivity (Wildman–Crippen MR) is 223 cm³/mol. The molecule has 8 aromatic rings. The molecule has 2 spiro atoms. The van der Waals surface area contributed by atoms with Gasteiger partial charge in [-0.3, -0.25) is 0 Å². The molecule has 2 N–H and O–H groups in total. The molecule has 0 fully saturated rings. The van der Waals surface area contributed by atoms with Crippen molar-refractivity contribution in [1.29, 1.82) is 0 Å². The second-order valence-corrected chi connectivity index (χ2v) is 14.4. The highest BCUT2D eigenvalue weighted by Gasteiger charge is 2.48. The Labute approximate surface area is 324 Å². The average Bonchev–Trinajstić information content (AvgIpc) is 3.72. The van der Waals surface area contributed by atoms with Crippen LogP contribution in [0.1, 0.15) is 33.6 Å². The van der Waals surface area contributed by atoms with Gasteiger partial charge in [-0.2, -0.15) is 0 Å². The molecule has 0 saturated heterocycles. The summed E-state index contributed by atoms with van der Waals surface area (Å²) in [5, 5.41) is 8.16. The number of pyridine rings is 2. The van der Waals surface area contributed by atoms with Crippen molar-refractivity contribution in [2.24, 2.45) is 0 Å². The molecule has 6 heteroatoms. The zero-order valence-electron chi connectivity index (χ0n) is 30.0. The van der Waals surface area contributed by atoms with Gasteiger partial charge in [-0.1, -0.05) is 121 Å². The molecule has 3 aliphatic rings. The Morgan fingerprint density at radius 2 is 0.732 bits per heavy atom. The average molecular weight is 715 g/mol. The summed E-state index contributed by atoms with van der Waals surface area (Å²) in [4.78, 5) is 18.9. The Morgan fingerprint density at radius 3 is 1.09 bits per heavy atom. The molecular formula is C50H30N6. The van der Waals surface area contributed by atoms with E-state index in [2.05, 4.69) is 142 Å². The smallest absolute Gasteiger partial charge is 0.188 e. The van der Waals surface area contributed by atoms with E-state index < -0.39 is 11.1 Å². The molecule has 4 bridgehead atoms. The van der Waals surface area contributed by atoms with E-state index in [4.69, 9.17) is 23.1 Å². The maximum Gasteiger partial charge on any atom is 0.188 e. The van der Waals surface area contributed by atoms with Crippen LogP contribution in [-0.2, 0) is 11.1 Å². The number of fused-ring (bicyclic) bond motifs is 20. The van der Waals surface area contributed by atoms with Crippen LogP contribution in [-0.4, -0.2) is 9.97 Å². The number of aromatic nitrogens is 2. The molecule has 6 aromatic carbocycles. The molecule has 11 rings (SSSR count). The predicted octanol–water partition coefficient (Wildman–Crippen LogP) is 12.0. The summed E-state index contributed by atoms with van der Waals surface area (Å²) < 4.78 is 0. The first-order valence-electron chi connectivity index (χ1n) is 18.6. The molecular weight excluding hydrogens is 685 g/mol. The molecule has 0 saturated carbocycles. The molecule has 2 aliphatic carbocycles. The van der Waals surface area contributed by atoms with E-state index >= 15 is 0 Å². The highest BCUT2D eigenvalue weighted by Crippen LogP contribution is 2.56. The van der Waals surface area contributed by atoms with Crippen LogP contribution in [0.2, 0.25) is 0 Å². The van der Waals surface area contributed by atoms with Crippen molar-refractivity contribution in [3.8, 4) is 44.8 Å². The number of rotatable bonds is 0. The second kappa shape index (κ2) is 11.9. The van der Waals surface area contributed by atoms with Crippen LogP contribution < -0.4 is 10.6 Å². The van der Waals surface area contributed by atoms with Crippen molar-refractivity contribution in [3.05, 3.63) is 226 Å². The lowest BCUT2D eigenvalue weighted by Crippen LogP contribution is -2.38. The second-order valence-electron chi connectivity index (χ2n) is 14.4. The lowest BCUT2D eigenvalue weighted by Gasteiger charge is -2.37. The summed E-state index contributed by atoms with van der Waals surface area (Å²) in [7, 11) is 0. The normalized spacial score (nSPS) is 14.2. The lowest BCUT2D eigenvalue weighted by atomic mass is 9.81.